The van der Waals surface area contributed by atoms with E-state index in [1.807, 2.05) is 10.9 Å². The highest BCUT2D eigenvalue weighted by Crippen LogP contribution is 2.20. The standard InChI is InChI=1S/C11H15BrN4S/c1-2-3-10(13)11-6-16(15-14-11)5-9-4-8(12)7-17-9/h4,6-7,10H,2-3,5,13H2,1H3. The molecule has 2 rings (SSSR count). The van der Waals surface area contributed by atoms with Crippen LogP contribution in [0.2, 0.25) is 0 Å². The first-order chi connectivity index (χ1) is 8.19. The summed E-state index contributed by atoms with van der Waals surface area (Å²) < 4.78 is 2.95. The number of hydrogen-bond acceptors (Lipinski definition) is 4. The Morgan fingerprint density at radius 3 is 3.06 bits per heavy atom. The minimum absolute atomic E-state index is 0.00354. The topological polar surface area (TPSA) is 56.7 Å². The second-order valence-electron chi connectivity index (χ2n) is 3.97. The highest BCUT2D eigenvalue weighted by molar-refractivity contribution is 9.10. The fourth-order valence-corrected chi connectivity index (χ4v) is 3.06. The molecule has 4 nitrogen and oxygen atoms in total. The van der Waals surface area contributed by atoms with Crippen LogP contribution in [-0.4, -0.2) is 15.0 Å². The van der Waals surface area contributed by atoms with Crippen LogP contribution in [-0.2, 0) is 6.54 Å². The van der Waals surface area contributed by atoms with Gasteiger partial charge in [0.25, 0.3) is 0 Å². The van der Waals surface area contributed by atoms with Gasteiger partial charge in [-0.15, -0.1) is 16.4 Å². The van der Waals surface area contributed by atoms with Gasteiger partial charge in [-0.3, -0.25) is 0 Å². The number of nitrogens with zero attached hydrogens (tertiary/aromatic N) is 3. The number of hydrogen-bond donors (Lipinski definition) is 1. The number of aromatic nitrogens is 3. The highest BCUT2D eigenvalue weighted by Gasteiger charge is 2.10. The molecule has 0 aliphatic carbocycles. The molecule has 92 valence electrons. The molecular weight excluding hydrogens is 300 g/mol. The molecule has 0 amide bonds. The number of rotatable bonds is 5. The van der Waals surface area contributed by atoms with Gasteiger partial charge in [0.2, 0.25) is 0 Å². The van der Waals surface area contributed by atoms with Crippen molar-refractivity contribution in [1.82, 2.24) is 15.0 Å². The van der Waals surface area contributed by atoms with Crippen LogP contribution in [0.25, 0.3) is 0 Å². The summed E-state index contributed by atoms with van der Waals surface area (Å²) in [6, 6.07) is 2.10. The van der Waals surface area contributed by atoms with Crippen molar-refractivity contribution in [2.45, 2.75) is 32.4 Å². The summed E-state index contributed by atoms with van der Waals surface area (Å²) in [5, 5.41) is 10.3. The zero-order valence-corrected chi connectivity index (χ0v) is 12.0. The van der Waals surface area contributed by atoms with Crippen molar-refractivity contribution in [3.8, 4) is 0 Å². The molecule has 0 aliphatic rings. The first kappa shape index (κ1) is 12.7. The molecule has 2 aromatic heterocycles. The van der Waals surface area contributed by atoms with Gasteiger partial charge in [-0.05, 0) is 28.4 Å². The molecule has 1 unspecified atom stereocenters. The van der Waals surface area contributed by atoms with Crippen LogP contribution < -0.4 is 5.73 Å². The Hall–Kier alpha value is -0.720. The SMILES string of the molecule is CCCC(N)c1cn(Cc2cc(Br)cs2)nn1. The second kappa shape index (κ2) is 5.75. The minimum Gasteiger partial charge on any atom is -0.323 e. The summed E-state index contributed by atoms with van der Waals surface area (Å²) >= 11 is 5.15. The van der Waals surface area contributed by atoms with E-state index in [9.17, 15) is 0 Å². The molecule has 2 N–H and O–H groups in total. The Kier molecular flexibility index (Phi) is 4.31. The monoisotopic (exact) mass is 314 g/mol. The number of thiophene rings is 1. The zero-order valence-electron chi connectivity index (χ0n) is 9.64. The molecule has 0 saturated heterocycles. The smallest absolute Gasteiger partial charge is 0.0994 e. The van der Waals surface area contributed by atoms with E-state index >= 15 is 0 Å². The molecular formula is C11H15BrN4S. The normalized spacial score (nSPS) is 12.9. The van der Waals surface area contributed by atoms with Crippen molar-refractivity contribution >= 4 is 27.3 Å². The largest absolute Gasteiger partial charge is 0.323 e. The third kappa shape index (κ3) is 3.37. The molecule has 2 aromatic rings. The van der Waals surface area contributed by atoms with Crippen LogP contribution in [0.4, 0.5) is 0 Å². The van der Waals surface area contributed by atoms with E-state index < -0.39 is 0 Å². The first-order valence-electron chi connectivity index (χ1n) is 5.57. The third-order valence-corrected chi connectivity index (χ3v) is 4.16. The summed E-state index contributed by atoms with van der Waals surface area (Å²) in [5.74, 6) is 0. The molecule has 0 spiro atoms. The Bertz CT molecular complexity index is 479. The van der Waals surface area contributed by atoms with Crippen molar-refractivity contribution < 1.29 is 0 Å². The Morgan fingerprint density at radius 2 is 2.41 bits per heavy atom. The first-order valence-corrected chi connectivity index (χ1v) is 7.25. The van der Waals surface area contributed by atoms with E-state index in [2.05, 4.69) is 44.6 Å². The molecule has 6 heteroatoms. The van der Waals surface area contributed by atoms with Crippen LogP contribution in [0, 0.1) is 0 Å². The third-order valence-electron chi connectivity index (χ3n) is 2.48. The summed E-state index contributed by atoms with van der Waals surface area (Å²) in [5.41, 5.74) is 6.87. The quantitative estimate of drug-likeness (QED) is 0.923. The molecule has 0 aromatic carbocycles. The highest BCUT2D eigenvalue weighted by atomic mass is 79.9. The lowest BCUT2D eigenvalue weighted by Gasteiger charge is -2.04. The molecule has 1 atom stereocenters. The van der Waals surface area contributed by atoms with Gasteiger partial charge in [0.15, 0.2) is 0 Å². The average molecular weight is 315 g/mol. The van der Waals surface area contributed by atoms with E-state index in [0.29, 0.717) is 0 Å². The summed E-state index contributed by atoms with van der Waals surface area (Å²) in [6.45, 7) is 2.87. The lowest BCUT2D eigenvalue weighted by molar-refractivity contribution is 0.617. The van der Waals surface area contributed by atoms with E-state index in [4.69, 9.17) is 5.73 Å². The van der Waals surface area contributed by atoms with Crippen LogP contribution in [0.15, 0.2) is 22.1 Å². The fraction of sp³-hybridized carbons (Fsp3) is 0.455. The van der Waals surface area contributed by atoms with Gasteiger partial charge in [-0.1, -0.05) is 18.6 Å². The molecule has 17 heavy (non-hydrogen) atoms. The summed E-state index contributed by atoms with van der Waals surface area (Å²) in [7, 11) is 0. The minimum atomic E-state index is 0.00354. The molecule has 2 heterocycles. The molecule has 0 radical (unpaired) electrons. The van der Waals surface area contributed by atoms with Gasteiger partial charge in [-0.2, -0.15) is 0 Å². The predicted molar refractivity (Wildman–Crippen MR) is 73.0 cm³/mol. The van der Waals surface area contributed by atoms with Crippen molar-refractivity contribution in [1.29, 1.82) is 0 Å². The predicted octanol–water partition coefficient (Wildman–Crippen LogP) is 2.95. The number of halogens is 1. The Labute approximate surface area is 113 Å². The van der Waals surface area contributed by atoms with E-state index in [-0.39, 0.29) is 6.04 Å². The van der Waals surface area contributed by atoms with Crippen LogP contribution in [0.3, 0.4) is 0 Å². The molecule has 0 saturated carbocycles. The fourth-order valence-electron chi connectivity index (χ4n) is 1.62. The van der Waals surface area contributed by atoms with Crippen molar-refractivity contribution in [2.24, 2.45) is 5.73 Å². The number of nitrogens with two attached hydrogens (primary N) is 1. The maximum Gasteiger partial charge on any atom is 0.0994 e. The maximum absolute atomic E-state index is 6.00. The maximum atomic E-state index is 6.00. The van der Waals surface area contributed by atoms with Gasteiger partial charge in [-0.25, -0.2) is 4.68 Å². The van der Waals surface area contributed by atoms with Gasteiger partial charge in [0, 0.05) is 14.7 Å². The second-order valence-corrected chi connectivity index (χ2v) is 5.88. The lowest BCUT2D eigenvalue weighted by Crippen LogP contribution is -2.10. The van der Waals surface area contributed by atoms with Gasteiger partial charge in [0.1, 0.15) is 0 Å². The van der Waals surface area contributed by atoms with Gasteiger partial charge in [0.05, 0.1) is 24.5 Å². The van der Waals surface area contributed by atoms with Crippen LogP contribution >= 0.6 is 27.3 Å². The van der Waals surface area contributed by atoms with E-state index in [1.54, 1.807) is 11.3 Å². The van der Waals surface area contributed by atoms with Crippen molar-refractivity contribution in [3.05, 3.63) is 32.7 Å². The van der Waals surface area contributed by atoms with Crippen molar-refractivity contribution in [3.63, 3.8) is 0 Å². The average Bonchev–Trinajstić information content (AvgIpc) is 2.89. The van der Waals surface area contributed by atoms with Crippen molar-refractivity contribution in [2.75, 3.05) is 0 Å². The summed E-state index contributed by atoms with van der Waals surface area (Å²) in [4.78, 5) is 1.25. The lowest BCUT2D eigenvalue weighted by atomic mass is 10.1. The molecule has 0 fully saturated rings. The Morgan fingerprint density at radius 1 is 1.59 bits per heavy atom. The van der Waals surface area contributed by atoms with Gasteiger partial charge < -0.3 is 5.73 Å². The van der Waals surface area contributed by atoms with Crippen LogP contribution in [0.5, 0.6) is 0 Å². The van der Waals surface area contributed by atoms with Gasteiger partial charge >= 0.3 is 0 Å². The molecule has 0 bridgehead atoms. The Balaban J connectivity index is 2.03. The van der Waals surface area contributed by atoms with E-state index in [1.165, 1.54) is 4.88 Å². The zero-order chi connectivity index (χ0) is 12.3. The van der Waals surface area contributed by atoms with E-state index in [0.717, 1.165) is 29.6 Å². The molecule has 0 aliphatic heterocycles. The van der Waals surface area contributed by atoms with Crippen LogP contribution in [0.1, 0.15) is 36.4 Å². The summed E-state index contributed by atoms with van der Waals surface area (Å²) in [6.07, 6.45) is 3.95.